The molecule has 1 aromatic rings. The lowest BCUT2D eigenvalue weighted by Crippen LogP contribution is -2.29. The summed E-state index contributed by atoms with van der Waals surface area (Å²) in [5.74, 6) is 2.59. The van der Waals surface area contributed by atoms with E-state index in [0.29, 0.717) is 5.92 Å². The van der Waals surface area contributed by atoms with E-state index in [1.807, 2.05) is 0 Å². The van der Waals surface area contributed by atoms with E-state index >= 15 is 0 Å². The molecule has 0 atom stereocenters. The van der Waals surface area contributed by atoms with Crippen LogP contribution < -0.4 is 10.2 Å². The lowest BCUT2D eigenvalue weighted by Gasteiger charge is -2.29. The van der Waals surface area contributed by atoms with E-state index in [1.165, 1.54) is 37.7 Å². The third-order valence-corrected chi connectivity index (χ3v) is 3.94. The molecule has 20 heavy (non-hydrogen) atoms. The van der Waals surface area contributed by atoms with Gasteiger partial charge in [-0.15, -0.1) is 0 Å². The monoisotopic (exact) mass is 276 g/mol. The number of hydrogen-bond donors (Lipinski definition) is 1. The van der Waals surface area contributed by atoms with Gasteiger partial charge in [0.1, 0.15) is 18.0 Å². The van der Waals surface area contributed by atoms with E-state index in [9.17, 15) is 0 Å². The Labute approximate surface area is 123 Å². The summed E-state index contributed by atoms with van der Waals surface area (Å²) >= 11 is 0. The van der Waals surface area contributed by atoms with E-state index < -0.39 is 0 Å². The molecule has 0 spiro atoms. The Balaban J connectivity index is 2.30. The molecule has 0 radical (unpaired) electrons. The molecule has 0 bridgehead atoms. The fourth-order valence-corrected chi connectivity index (χ4v) is 2.94. The first-order valence-electron chi connectivity index (χ1n) is 8.07. The van der Waals surface area contributed by atoms with Crippen LogP contribution in [0.25, 0.3) is 0 Å². The maximum atomic E-state index is 4.61. The van der Waals surface area contributed by atoms with Crippen molar-refractivity contribution in [2.75, 3.05) is 29.9 Å². The molecule has 1 aliphatic heterocycles. The smallest absolute Gasteiger partial charge is 0.137 e. The summed E-state index contributed by atoms with van der Waals surface area (Å²) in [7, 11) is 0. The Morgan fingerprint density at radius 3 is 2.35 bits per heavy atom. The van der Waals surface area contributed by atoms with Crippen molar-refractivity contribution in [3.63, 3.8) is 0 Å². The van der Waals surface area contributed by atoms with Gasteiger partial charge in [0.25, 0.3) is 0 Å². The average Bonchev–Trinajstić information content (AvgIpc) is 2.38. The highest BCUT2D eigenvalue weighted by molar-refractivity contribution is 5.60. The molecule has 4 heteroatoms. The molecule has 1 fully saturated rings. The average molecular weight is 276 g/mol. The zero-order valence-electron chi connectivity index (χ0n) is 13.2. The number of nitrogens with one attached hydrogen (secondary N) is 1. The standard InChI is InChI=1S/C16H28N4/c1-4-17-15-14(13(2)3)16(19-12-18-15)20-10-8-6-5-7-9-11-20/h12-13H,4-11H2,1-3H3,(H,17,18,19). The number of aromatic nitrogens is 2. The van der Waals surface area contributed by atoms with Gasteiger partial charge in [-0.2, -0.15) is 0 Å². The molecule has 1 N–H and O–H groups in total. The molecule has 1 aliphatic rings. The molecule has 1 aromatic heterocycles. The van der Waals surface area contributed by atoms with Crippen molar-refractivity contribution in [2.24, 2.45) is 0 Å². The zero-order valence-corrected chi connectivity index (χ0v) is 13.2. The molecule has 2 rings (SSSR count). The van der Waals surface area contributed by atoms with Crippen molar-refractivity contribution >= 4 is 11.6 Å². The third kappa shape index (κ3) is 3.62. The van der Waals surface area contributed by atoms with Gasteiger partial charge in [-0.25, -0.2) is 9.97 Å². The van der Waals surface area contributed by atoms with E-state index in [0.717, 1.165) is 31.3 Å². The van der Waals surface area contributed by atoms with Gasteiger partial charge in [0, 0.05) is 25.2 Å². The molecule has 112 valence electrons. The summed E-state index contributed by atoms with van der Waals surface area (Å²) in [5, 5.41) is 3.39. The Hall–Kier alpha value is -1.32. The first-order valence-corrected chi connectivity index (χ1v) is 8.07. The van der Waals surface area contributed by atoms with Crippen molar-refractivity contribution in [1.29, 1.82) is 0 Å². The van der Waals surface area contributed by atoms with Crippen LogP contribution in [0.3, 0.4) is 0 Å². The Morgan fingerprint density at radius 1 is 1.10 bits per heavy atom. The maximum Gasteiger partial charge on any atom is 0.137 e. The lowest BCUT2D eigenvalue weighted by atomic mass is 10.0. The van der Waals surface area contributed by atoms with Gasteiger partial charge in [-0.05, 0) is 25.7 Å². The van der Waals surface area contributed by atoms with E-state index in [4.69, 9.17) is 0 Å². The zero-order chi connectivity index (χ0) is 14.4. The second-order valence-corrected chi connectivity index (χ2v) is 5.90. The van der Waals surface area contributed by atoms with Crippen LogP contribution in [-0.2, 0) is 0 Å². The first kappa shape index (κ1) is 15.1. The minimum absolute atomic E-state index is 0.436. The number of nitrogens with zero attached hydrogens (tertiary/aromatic N) is 3. The lowest BCUT2D eigenvalue weighted by molar-refractivity contribution is 0.551. The highest BCUT2D eigenvalue weighted by Crippen LogP contribution is 2.31. The summed E-state index contributed by atoms with van der Waals surface area (Å²) < 4.78 is 0. The molecular formula is C16H28N4. The van der Waals surface area contributed by atoms with Crippen LogP contribution in [0.1, 0.15) is 64.4 Å². The van der Waals surface area contributed by atoms with Gasteiger partial charge in [0.05, 0.1) is 0 Å². The van der Waals surface area contributed by atoms with E-state index in [2.05, 4.69) is 41.0 Å². The molecule has 0 saturated carbocycles. The van der Waals surface area contributed by atoms with Gasteiger partial charge in [0.15, 0.2) is 0 Å². The summed E-state index contributed by atoms with van der Waals surface area (Å²) in [4.78, 5) is 11.5. The van der Waals surface area contributed by atoms with E-state index in [1.54, 1.807) is 6.33 Å². The van der Waals surface area contributed by atoms with Gasteiger partial charge in [-0.1, -0.05) is 33.1 Å². The van der Waals surface area contributed by atoms with Crippen LogP contribution in [0.15, 0.2) is 6.33 Å². The SMILES string of the molecule is CCNc1ncnc(N2CCCCCCC2)c1C(C)C. The predicted molar refractivity (Wildman–Crippen MR) is 85.6 cm³/mol. The van der Waals surface area contributed by atoms with Gasteiger partial charge >= 0.3 is 0 Å². The number of rotatable bonds is 4. The van der Waals surface area contributed by atoms with Crippen molar-refractivity contribution < 1.29 is 0 Å². The molecule has 0 aromatic carbocycles. The number of anilines is 2. The largest absolute Gasteiger partial charge is 0.370 e. The first-order chi connectivity index (χ1) is 9.74. The summed E-state index contributed by atoms with van der Waals surface area (Å²) in [6.45, 7) is 9.73. The van der Waals surface area contributed by atoms with Crippen molar-refractivity contribution in [2.45, 2.75) is 58.8 Å². The molecule has 4 nitrogen and oxygen atoms in total. The van der Waals surface area contributed by atoms with Crippen LogP contribution in [0.2, 0.25) is 0 Å². The summed E-state index contributed by atoms with van der Waals surface area (Å²) in [5.41, 5.74) is 1.27. The van der Waals surface area contributed by atoms with Gasteiger partial charge < -0.3 is 10.2 Å². The Morgan fingerprint density at radius 2 is 1.75 bits per heavy atom. The summed E-state index contributed by atoms with van der Waals surface area (Å²) in [6.07, 6.45) is 8.34. The van der Waals surface area contributed by atoms with Crippen LogP contribution >= 0.6 is 0 Å². The van der Waals surface area contributed by atoms with Crippen molar-refractivity contribution in [3.05, 3.63) is 11.9 Å². The topological polar surface area (TPSA) is 41.1 Å². The summed E-state index contributed by atoms with van der Waals surface area (Å²) in [6, 6.07) is 0. The molecular weight excluding hydrogens is 248 g/mol. The quantitative estimate of drug-likeness (QED) is 0.908. The van der Waals surface area contributed by atoms with Crippen molar-refractivity contribution in [1.82, 2.24) is 9.97 Å². The molecule has 0 unspecified atom stereocenters. The number of hydrogen-bond acceptors (Lipinski definition) is 4. The van der Waals surface area contributed by atoms with E-state index in [-0.39, 0.29) is 0 Å². The molecule has 0 amide bonds. The predicted octanol–water partition coefficient (Wildman–Crippen LogP) is 3.80. The minimum Gasteiger partial charge on any atom is -0.370 e. The second-order valence-electron chi connectivity index (χ2n) is 5.90. The highest BCUT2D eigenvalue weighted by atomic mass is 15.2. The molecule has 2 heterocycles. The Kier molecular flexibility index (Phi) is 5.62. The third-order valence-electron chi connectivity index (χ3n) is 3.94. The Bertz CT molecular complexity index is 409. The van der Waals surface area contributed by atoms with Crippen LogP contribution in [0.5, 0.6) is 0 Å². The normalized spacial score (nSPS) is 16.9. The molecule has 1 saturated heterocycles. The second kappa shape index (κ2) is 7.46. The minimum atomic E-state index is 0.436. The van der Waals surface area contributed by atoms with Crippen LogP contribution in [0.4, 0.5) is 11.6 Å². The van der Waals surface area contributed by atoms with Gasteiger partial charge in [-0.3, -0.25) is 0 Å². The molecule has 0 aliphatic carbocycles. The fraction of sp³-hybridized carbons (Fsp3) is 0.750. The fourth-order valence-electron chi connectivity index (χ4n) is 2.94. The highest BCUT2D eigenvalue weighted by Gasteiger charge is 2.20. The van der Waals surface area contributed by atoms with Crippen LogP contribution in [-0.4, -0.2) is 29.6 Å². The van der Waals surface area contributed by atoms with Crippen LogP contribution in [0, 0.1) is 0 Å². The van der Waals surface area contributed by atoms with Gasteiger partial charge in [0.2, 0.25) is 0 Å². The van der Waals surface area contributed by atoms with Crippen molar-refractivity contribution in [3.8, 4) is 0 Å². The maximum absolute atomic E-state index is 4.61.